The maximum absolute atomic E-state index is 10.5. The number of aryl methyl sites for hydroxylation is 2. The fraction of sp³-hybridized carbons (Fsp3) is 0.667. The molecule has 0 bridgehead atoms. The van der Waals surface area contributed by atoms with Crippen molar-refractivity contribution >= 4 is 0 Å². The van der Waals surface area contributed by atoms with Gasteiger partial charge in [0, 0.05) is 12.6 Å². The van der Waals surface area contributed by atoms with Crippen molar-refractivity contribution in [3.05, 3.63) is 34.9 Å². The smallest absolute Gasteiger partial charge is 0.0917 e. The second-order valence-corrected chi connectivity index (χ2v) is 6.44. The first-order chi connectivity index (χ1) is 9.58. The minimum atomic E-state index is -0.373. The summed E-state index contributed by atoms with van der Waals surface area (Å²) in [6, 6.07) is 6.95. The zero-order valence-electron chi connectivity index (χ0n) is 13.2. The van der Waals surface area contributed by atoms with E-state index in [1.165, 1.54) is 49.7 Å². The molecule has 1 N–H and O–H groups in total. The van der Waals surface area contributed by atoms with Gasteiger partial charge in [0.1, 0.15) is 0 Å². The van der Waals surface area contributed by atoms with Gasteiger partial charge in [-0.15, -0.1) is 0 Å². The summed E-state index contributed by atoms with van der Waals surface area (Å²) in [5.41, 5.74) is 3.60. The van der Waals surface area contributed by atoms with Gasteiger partial charge in [0.2, 0.25) is 0 Å². The molecular weight excluding hydrogens is 246 g/mol. The van der Waals surface area contributed by atoms with Gasteiger partial charge >= 0.3 is 0 Å². The van der Waals surface area contributed by atoms with Gasteiger partial charge in [0.05, 0.1) is 6.10 Å². The second kappa shape index (κ2) is 7.24. The first kappa shape index (κ1) is 15.5. The molecule has 0 saturated heterocycles. The van der Waals surface area contributed by atoms with Crippen LogP contribution in [0.25, 0.3) is 0 Å². The molecule has 1 aliphatic carbocycles. The lowest BCUT2D eigenvalue weighted by molar-refractivity contribution is 0.0990. The zero-order chi connectivity index (χ0) is 14.5. The number of aliphatic hydroxyl groups excluding tert-OH is 1. The molecule has 0 heterocycles. The highest BCUT2D eigenvalue weighted by molar-refractivity contribution is 5.31. The molecule has 1 saturated carbocycles. The quantitative estimate of drug-likeness (QED) is 0.840. The minimum absolute atomic E-state index is 0.373. The SMILES string of the molecule is Cc1ccc(C(O)CN(C)C2CCCCCC2)cc1C. The highest BCUT2D eigenvalue weighted by Crippen LogP contribution is 2.24. The van der Waals surface area contributed by atoms with Crippen LogP contribution in [0.5, 0.6) is 0 Å². The van der Waals surface area contributed by atoms with Gasteiger partial charge in [-0.3, -0.25) is 0 Å². The van der Waals surface area contributed by atoms with E-state index in [0.717, 1.165) is 12.1 Å². The summed E-state index contributed by atoms with van der Waals surface area (Å²) in [5.74, 6) is 0. The molecule has 2 nitrogen and oxygen atoms in total. The molecule has 0 radical (unpaired) electrons. The highest BCUT2D eigenvalue weighted by atomic mass is 16.3. The average molecular weight is 275 g/mol. The van der Waals surface area contributed by atoms with Crippen molar-refractivity contribution < 1.29 is 5.11 Å². The molecule has 20 heavy (non-hydrogen) atoms. The van der Waals surface area contributed by atoms with E-state index in [4.69, 9.17) is 0 Å². The summed E-state index contributed by atoms with van der Waals surface area (Å²) in [5, 5.41) is 10.5. The van der Waals surface area contributed by atoms with E-state index in [1.54, 1.807) is 0 Å². The van der Waals surface area contributed by atoms with E-state index in [1.807, 2.05) is 0 Å². The van der Waals surface area contributed by atoms with Crippen LogP contribution in [0.15, 0.2) is 18.2 Å². The monoisotopic (exact) mass is 275 g/mol. The molecule has 2 heteroatoms. The van der Waals surface area contributed by atoms with Crippen molar-refractivity contribution in [1.82, 2.24) is 4.90 Å². The van der Waals surface area contributed by atoms with E-state index in [2.05, 4.69) is 44.0 Å². The summed E-state index contributed by atoms with van der Waals surface area (Å²) in [6.07, 6.45) is 7.65. The Kier molecular flexibility index (Phi) is 5.62. The average Bonchev–Trinajstić information content (AvgIpc) is 2.70. The van der Waals surface area contributed by atoms with Gasteiger partial charge < -0.3 is 10.0 Å². The van der Waals surface area contributed by atoms with Crippen LogP contribution in [0.4, 0.5) is 0 Å². The van der Waals surface area contributed by atoms with Gasteiger partial charge in [0.15, 0.2) is 0 Å². The van der Waals surface area contributed by atoms with Crippen molar-refractivity contribution in [3.63, 3.8) is 0 Å². The molecule has 1 unspecified atom stereocenters. The lowest BCUT2D eigenvalue weighted by atomic mass is 10.0. The third-order valence-electron chi connectivity index (χ3n) is 4.82. The Morgan fingerprint density at radius 1 is 1.10 bits per heavy atom. The van der Waals surface area contributed by atoms with Crippen LogP contribution in [-0.2, 0) is 0 Å². The Labute approximate surface area is 123 Å². The van der Waals surface area contributed by atoms with Gasteiger partial charge in [-0.2, -0.15) is 0 Å². The fourth-order valence-corrected chi connectivity index (χ4v) is 3.20. The Balaban J connectivity index is 1.95. The molecule has 1 aliphatic rings. The van der Waals surface area contributed by atoms with Crippen LogP contribution < -0.4 is 0 Å². The van der Waals surface area contributed by atoms with Crippen LogP contribution in [0.2, 0.25) is 0 Å². The maximum Gasteiger partial charge on any atom is 0.0917 e. The lowest BCUT2D eigenvalue weighted by Crippen LogP contribution is -2.34. The Hall–Kier alpha value is -0.860. The second-order valence-electron chi connectivity index (χ2n) is 6.44. The third kappa shape index (κ3) is 4.07. The number of nitrogens with zero attached hydrogens (tertiary/aromatic N) is 1. The van der Waals surface area contributed by atoms with E-state index in [-0.39, 0.29) is 6.10 Å². The first-order valence-corrected chi connectivity index (χ1v) is 8.03. The summed E-state index contributed by atoms with van der Waals surface area (Å²) >= 11 is 0. The van der Waals surface area contributed by atoms with Crippen molar-refractivity contribution in [1.29, 1.82) is 0 Å². The van der Waals surface area contributed by atoms with E-state index in [9.17, 15) is 5.11 Å². The van der Waals surface area contributed by atoms with Crippen LogP contribution in [0.1, 0.15) is 61.3 Å². The van der Waals surface area contributed by atoms with Crippen molar-refractivity contribution in [3.8, 4) is 0 Å². The summed E-state index contributed by atoms with van der Waals surface area (Å²) in [7, 11) is 2.17. The predicted octanol–water partition coefficient (Wildman–Crippen LogP) is 3.99. The van der Waals surface area contributed by atoms with E-state index in [0.29, 0.717) is 6.04 Å². The number of benzene rings is 1. The number of hydrogen-bond acceptors (Lipinski definition) is 2. The van der Waals surface area contributed by atoms with Crippen molar-refractivity contribution in [2.45, 2.75) is 64.5 Å². The fourth-order valence-electron chi connectivity index (χ4n) is 3.20. The molecule has 1 atom stereocenters. The van der Waals surface area contributed by atoms with E-state index >= 15 is 0 Å². The van der Waals surface area contributed by atoms with E-state index < -0.39 is 0 Å². The molecule has 2 rings (SSSR count). The molecule has 1 aromatic carbocycles. The maximum atomic E-state index is 10.5. The zero-order valence-corrected chi connectivity index (χ0v) is 13.2. The largest absolute Gasteiger partial charge is 0.387 e. The first-order valence-electron chi connectivity index (χ1n) is 8.03. The van der Waals surface area contributed by atoms with Crippen LogP contribution in [0.3, 0.4) is 0 Å². The molecule has 1 aromatic rings. The molecule has 0 aromatic heterocycles. The predicted molar refractivity (Wildman–Crippen MR) is 85.0 cm³/mol. The van der Waals surface area contributed by atoms with Crippen LogP contribution >= 0.6 is 0 Å². The lowest BCUT2D eigenvalue weighted by Gasteiger charge is -2.29. The van der Waals surface area contributed by atoms with Gasteiger partial charge in [-0.25, -0.2) is 0 Å². The van der Waals surface area contributed by atoms with Gasteiger partial charge in [-0.05, 0) is 50.4 Å². The molecule has 0 spiro atoms. The molecule has 0 aliphatic heterocycles. The third-order valence-corrected chi connectivity index (χ3v) is 4.82. The van der Waals surface area contributed by atoms with Gasteiger partial charge in [-0.1, -0.05) is 43.9 Å². The normalized spacial score (nSPS) is 19.1. The minimum Gasteiger partial charge on any atom is -0.387 e. The van der Waals surface area contributed by atoms with Crippen LogP contribution in [-0.4, -0.2) is 29.6 Å². The number of rotatable bonds is 4. The summed E-state index contributed by atoms with van der Waals surface area (Å²) in [4.78, 5) is 2.37. The van der Waals surface area contributed by atoms with Crippen molar-refractivity contribution in [2.24, 2.45) is 0 Å². The Bertz CT molecular complexity index is 421. The summed E-state index contributed by atoms with van der Waals surface area (Å²) in [6.45, 7) is 4.97. The Morgan fingerprint density at radius 2 is 1.75 bits per heavy atom. The molecule has 112 valence electrons. The van der Waals surface area contributed by atoms with Crippen molar-refractivity contribution in [2.75, 3.05) is 13.6 Å². The topological polar surface area (TPSA) is 23.5 Å². The van der Waals surface area contributed by atoms with Crippen LogP contribution in [0, 0.1) is 13.8 Å². The van der Waals surface area contributed by atoms with Gasteiger partial charge in [0.25, 0.3) is 0 Å². The number of aliphatic hydroxyl groups is 1. The number of likely N-dealkylation sites (N-methyl/N-ethyl adjacent to an activating group) is 1. The molecule has 1 fully saturated rings. The summed E-state index contributed by atoms with van der Waals surface area (Å²) < 4.78 is 0. The standard InChI is InChI=1S/C18H29NO/c1-14-10-11-16(12-15(14)2)18(20)13-19(3)17-8-6-4-5-7-9-17/h10-12,17-18,20H,4-9,13H2,1-3H3. The molecular formula is C18H29NO. The Morgan fingerprint density at radius 3 is 2.35 bits per heavy atom. The highest BCUT2D eigenvalue weighted by Gasteiger charge is 2.20. The number of hydrogen-bond donors (Lipinski definition) is 1. The molecule has 0 amide bonds.